The Morgan fingerprint density at radius 3 is 2.88 bits per heavy atom. The van der Waals surface area contributed by atoms with E-state index < -0.39 is 0 Å². The van der Waals surface area contributed by atoms with E-state index in [1.165, 1.54) is 0 Å². The summed E-state index contributed by atoms with van der Waals surface area (Å²) < 4.78 is 2.02. The largest absolute Gasteiger partial charge is 0.309 e. The van der Waals surface area contributed by atoms with E-state index in [4.69, 9.17) is 11.6 Å². The molecule has 24 heavy (non-hydrogen) atoms. The highest BCUT2D eigenvalue weighted by atomic mass is 35.5. The summed E-state index contributed by atoms with van der Waals surface area (Å²) in [6, 6.07) is 13.0. The number of H-pyrrole nitrogens is 1. The Kier molecular flexibility index (Phi) is 4.04. The molecule has 0 fully saturated rings. The minimum absolute atomic E-state index is 0.0154. The van der Waals surface area contributed by atoms with Gasteiger partial charge in [-0.2, -0.15) is 0 Å². The van der Waals surface area contributed by atoms with Crippen LogP contribution in [0.1, 0.15) is 18.0 Å². The van der Waals surface area contributed by atoms with Crippen molar-refractivity contribution in [3.63, 3.8) is 0 Å². The van der Waals surface area contributed by atoms with Crippen molar-refractivity contribution < 1.29 is 0 Å². The van der Waals surface area contributed by atoms with Crippen LogP contribution in [0.15, 0.2) is 51.6 Å². The van der Waals surface area contributed by atoms with Crippen LogP contribution in [0.25, 0.3) is 21.1 Å². The Labute approximate surface area is 150 Å². The van der Waals surface area contributed by atoms with E-state index in [-0.39, 0.29) is 10.8 Å². The Bertz CT molecular complexity index is 1110. The zero-order chi connectivity index (χ0) is 16.7. The first-order valence-electron chi connectivity index (χ1n) is 7.32. The molecule has 1 N–H and O–H groups in total. The number of halogens is 1. The van der Waals surface area contributed by atoms with Gasteiger partial charge in [0.05, 0.1) is 26.4 Å². The Morgan fingerprint density at radius 2 is 2.00 bits per heavy atom. The number of rotatable bonds is 3. The second kappa shape index (κ2) is 6.20. The summed E-state index contributed by atoms with van der Waals surface area (Å²) in [4.78, 5) is 24.3. The molecule has 0 saturated carbocycles. The average Bonchev–Trinajstić information content (AvgIpc) is 2.96. The van der Waals surface area contributed by atoms with Gasteiger partial charge in [-0.05, 0) is 37.3 Å². The van der Waals surface area contributed by atoms with Crippen molar-refractivity contribution in [3.8, 4) is 0 Å². The molecule has 2 heterocycles. The minimum Gasteiger partial charge on any atom is -0.309 e. The van der Waals surface area contributed by atoms with E-state index >= 15 is 0 Å². The molecular weight excluding hydrogens is 362 g/mol. The van der Waals surface area contributed by atoms with Crippen molar-refractivity contribution in [1.29, 1.82) is 0 Å². The number of aromatic amines is 1. The van der Waals surface area contributed by atoms with Gasteiger partial charge in [-0.15, -0.1) is 11.3 Å². The summed E-state index contributed by atoms with van der Waals surface area (Å²) in [5.41, 5.74) is 1.49. The second-order valence-corrected chi connectivity index (χ2v) is 8.38. The van der Waals surface area contributed by atoms with E-state index in [0.717, 1.165) is 14.6 Å². The van der Waals surface area contributed by atoms with Crippen molar-refractivity contribution in [2.75, 3.05) is 0 Å². The van der Waals surface area contributed by atoms with Crippen LogP contribution in [0.5, 0.6) is 0 Å². The molecule has 0 spiro atoms. The number of hydrogen-bond donors (Lipinski definition) is 1. The third kappa shape index (κ3) is 2.92. The second-order valence-electron chi connectivity index (χ2n) is 5.32. The standard InChI is InChI=1S/C17H12ClN3OS2/c1-9(15-19-12-5-3-2-4-11(12)16(22)21-15)23-17-20-13-8-10(18)6-7-14(13)24-17/h2-9H,1H3,(H,19,21,22)/t9-/m0/s1. The molecule has 120 valence electrons. The SMILES string of the molecule is C[C@H](Sc1nc2cc(Cl)ccc2s1)c1nc2ccccc2c(=O)[nH]1. The van der Waals surface area contributed by atoms with Gasteiger partial charge < -0.3 is 4.98 Å². The number of nitrogens with one attached hydrogen (secondary N) is 1. The van der Waals surface area contributed by atoms with Crippen LogP contribution < -0.4 is 5.56 Å². The third-order valence-electron chi connectivity index (χ3n) is 3.62. The molecule has 0 unspecified atom stereocenters. The maximum Gasteiger partial charge on any atom is 0.258 e. The van der Waals surface area contributed by atoms with E-state index in [0.29, 0.717) is 21.7 Å². The third-order valence-corrected chi connectivity index (χ3v) is 6.10. The maximum absolute atomic E-state index is 12.2. The molecule has 2 aromatic heterocycles. The fraction of sp³-hybridized carbons (Fsp3) is 0.118. The maximum atomic E-state index is 12.2. The Hall–Kier alpha value is -1.89. The monoisotopic (exact) mass is 373 g/mol. The minimum atomic E-state index is -0.112. The molecule has 4 rings (SSSR count). The van der Waals surface area contributed by atoms with Crippen LogP contribution in [-0.2, 0) is 0 Å². The molecule has 4 nitrogen and oxygen atoms in total. The van der Waals surface area contributed by atoms with Gasteiger partial charge in [-0.25, -0.2) is 9.97 Å². The quantitative estimate of drug-likeness (QED) is 0.511. The summed E-state index contributed by atoms with van der Waals surface area (Å²) in [5, 5.41) is 1.27. The number of thiazole rings is 1. The lowest BCUT2D eigenvalue weighted by Crippen LogP contribution is -2.12. The lowest BCUT2D eigenvalue weighted by molar-refractivity contribution is 0.922. The first kappa shape index (κ1) is 15.6. The van der Waals surface area contributed by atoms with Gasteiger partial charge in [-0.3, -0.25) is 4.79 Å². The lowest BCUT2D eigenvalue weighted by Gasteiger charge is -2.09. The Morgan fingerprint density at radius 1 is 1.17 bits per heavy atom. The topological polar surface area (TPSA) is 58.6 Å². The molecule has 7 heteroatoms. The van der Waals surface area contributed by atoms with Crippen LogP contribution in [0.4, 0.5) is 0 Å². The summed E-state index contributed by atoms with van der Waals surface area (Å²) in [7, 11) is 0. The molecular formula is C17H12ClN3OS2. The average molecular weight is 374 g/mol. The molecule has 2 aromatic carbocycles. The number of fused-ring (bicyclic) bond motifs is 2. The van der Waals surface area contributed by atoms with Gasteiger partial charge in [0.2, 0.25) is 0 Å². The van der Waals surface area contributed by atoms with Crippen molar-refractivity contribution in [1.82, 2.24) is 15.0 Å². The molecule has 0 aliphatic heterocycles. The highest BCUT2D eigenvalue weighted by Crippen LogP contribution is 2.38. The van der Waals surface area contributed by atoms with Gasteiger partial charge in [0.1, 0.15) is 5.82 Å². The number of hydrogen-bond acceptors (Lipinski definition) is 5. The molecule has 0 aliphatic carbocycles. The number of thioether (sulfide) groups is 1. The zero-order valence-electron chi connectivity index (χ0n) is 12.6. The van der Waals surface area contributed by atoms with Gasteiger partial charge >= 0.3 is 0 Å². The van der Waals surface area contributed by atoms with Gasteiger partial charge in [0.15, 0.2) is 4.34 Å². The van der Waals surface area contributed by atoms with Crippen LogP contribution in [-0.4, -0.2) is 15.0 Å². The highest BCUT2D eigenvalue weighted by Gasteiger charge is 2.15. The predicted octanol–water partition coefficient (Wildman–Crippen LogP) is 5.04. The number of benzene rings is 2. The smallest absolute Gasteiger partial charge is 0.258 e. The van der Waals surface area contributed by atoms with Gasteiger partial charge in [0.25, 0.3) is 5.56 Å². The normalized spacial score (nSPS) is 12.8. The van der Waals surface area contributed by atoms with Crippen molar-refractivity contribution >= 4 is 55.8 Å². The van der Waals surface area contributed by atoms with Gasteiger partial charge in [0, 0.05) is 5.02 Å². The summed E-state index contributed by atoms with van der Waals surface area (Å²) in [5.74, 6) is 0.654. The van der Waals surface area contributed by atoms with Crippen molar-refractivity contribution in [3.05, 3.63) is 63.7 Å². The molecule has 0 amide bonds. The molecule has 0 radical (unpaired) electrons. The number of aromatic nitrogens is 3. The van der Waals surface area contributed by atoms with Crippen molar-refractivity contribution in [2.45, 2.75) is 16.5 Å². The first-order valence-corrected chi connectivity index (χ1v) is 9.39. The van der Waals surface area contributed by atoms with Crippen LogP contribution in [0.3, 0.4) is 0 Å². The number of para-hydroxylation sites is 1. The predicted molar refractivity (Wildman–Crippen MR) is 101 cm³/mol. The number of nitrogens with zero attached hydrogens (tertiary/aromatic N) is 2. The summed E-state index contributed by atoms with van der Waals surface area (Å²) in [6.45, 7) is 2.01. The first-order chi connectivity index (χ1) is 11.6. The molecule has 1 atom stereocenters. The lowest BCUT2D eigenvalue weighted by atomic mass is 10.2. The van der Waals surface area contributed by atoms with E-state index in [1.54, 1.807) is 29.2 Å². The van der Waals surface area contributed by atoms with E-state index in [2.05, 4.69) is 15.0 Å². The molecule has 0 saturated heterocycles. The fourth-order valence-corrected chi connectivity index (χ4v) is 4.85. The summed E-state index contributed by atoms with van der Waals surface area (Å²) in [6.07, 6.45) is 0. The van der Waals surface area contributed by atoms with E-state index in [1.807, 2.05) is 43.3 Å². The Balaban J connectivity index is 1.67. The molecule has 4 aromatic rings. The molecule has 0 bridgehead atoms. The fourth-order valence-electron chi connectivity index (χ4n) is 2.43. The van der Waals surface area contributed by atoms with E-state index in [9.17, 15) is 4.79 Å². The van der Waals surface area contributed by atoms with Crippen molar-refractivity contribution in [2.24, 2.45) is 0 Å². The van der Waals surface area contributed by atoms with Crippen LogP contribution in [0.2, 0.25) is 5.02 Å². The summed E-state index contributed by atoms with van der Waals surface area (Å²) >= 11 is 9.20. The van der Waals surface area contributed by atoms with Crippen LogP contribution in [0, 0.1) is 0 Å². The molecule has 0 aliphatic rings. The highest BCUT2D eigenvalue weighted by molar-refractivity contribution is 8.01. The zero-order valence-corrected chi connectivity index (χ0v) is 15.0. The van der Waals surface area contributed by atoms with Crippen LogP contribution >= 0.6 is 34.7 Å². The van der Waals surface area contributed by atoms with Gasteiger partial charge in [-0.1, -0.05) is 35.5 Å².